The highest BCUT2D eigenvalue weighted by molar-refractivity contribution is 5.92. The van der Waals surface area contributed by atoms with E-state index in [-0.39, 0.29) is 5.91 Å². The summed E-state index contributed by atoms with van der Waals surface area (Å²) < 4.78 is 8.11. The van der Waals surface area contributed by atoms with Gasteiger partial charge in [0.05, 0.1) is 17.6 Å². The molecule has 0 atom stereocenters. The smallest absolute Gasteiger partial charge is 0.269 e. The average molecular weight is 429 g/mol. The zero-order valence-corrected chi connectivity index (χ0v) is 18.3. The zero-order valence-electron chi connectivity index (χ0n) is 18.3. The van der Waals surface area contributed by atoms with Gasteiger partial charge in [0.1, 0.15) is 17.3 Å². The molecule has 2 heterocycles. The Morgan fingerprint density at radius 3 is 2.62 bits per heavy atom. The molecule has 2 aromatic heterocycles. The first-order valence-electron chi connectivity index (χ1n) is 11.0. The molecule has 0 aliphatic rings. The summed E-state index contributed by atoms with van der Waals surface area (Å²) in [6.45, 7) is 4.13. The highest BCUT2D eigenvalue weighted by Crippen LogP contribution is 2.18. The van der Waals surface area contributed by atoms with E-state index in [2.05, 4.69) is 40.0 Å². The summed E-state index contributed by atoms with van der Waals surface area (Å²) in [6.07, 6.45) is 4.22. The number of carbonyl (C=O) groups excluding carboxylic acids is 1. The number of benzene rings is 2. The van der Waals surface area contributed by atoms with Gasteiger partial charge in [-0.1, -0.05) is 35.9 Å². The zero-order chi connectivity index (χ0) is 22.2. The van der Waals surface area contributed by atoms with E-state index in [0.29, 0.717) is 25.3 Å². The normalized spacial score (nSPS) is 10.9. The third-order valence-corrected chi connectivity index (χ3v) is 5.33. The Labute approximate surface area is 188 Å². The number of hydrogen-bond acceptors (Lipinski definition) is 4. The van der Waals surface area contributed by atoms with Crippen LogP contribution < -0.4 is 10.1 Å². The SMILES string of the molecule is Cc1ccc(OCCCCn2c(CCNC(=O)c3ccccn3)nc3ccccc32)cc1. The molecule has 4 rings (SSSR count). The molecule has 0 radical (unpaired) electrons. The molecule has 0 fully saturated rings. The van der Waals surface area contributed by atoms with Gasteiger partial charge in [0.15, 0.2) is 0 Å². The van der Waals surface area contributed by atoms with Gasteiger partial charge < -0.3 is 14.6 Å². The second-order valence-corrected chi connectivity index (χ2v) is 7.76. The van der Waals surface area contributed by atoms with E-state index in [9.17, 15) is 4.79 Å². The van der Waals surface area contributed by atoms with Crippen molar-refractivity contribution in [2.75, 3.05) is 13.2 Å². The molecule has 32 heavy (non-hydrogen) atoms. The lowest BCUT2D eigenvalue weighted by atomic mass is 10.2. The number of unbranched alkanes of at least 4 members (excludes halogenated alkanes) is 1. The number of nitrogens with zero attached hydrogens (tertiary/aromatic N) is 3. The number of amides is 1. The molecule has 0 aliphatic heterocycles. The van der Waals surface area contributed by atoms with Crippen molar-refractivity contribution in [2.45, 2.75) is 32.7 Å². The molecule has 0 unspecified atom stereocenters. The fourth-order valence-electron chi connectivity index (χ4n) is 3.64. The fraction of sp³-hybridized carbons (Fsp3) is 0.269. The molecule has 0 saturated heterocycles. The van der Waals surface area contributed by atoms with Gasteiger partial charge >= 0.3 is 0 Å². The number of imidazole rings is 1. The Morgan fingerprint density at radius 2 is 1.81 bits per heavy atom. The van der Waals surface area contributed by atoms with Crippen LogP contribution in [0.15, 0.2) is 72.9 Å². The van der Waals surface area contributed by atoms with Gasteiger partial charge in [0.2, 0.25) is 0 Å². The molecule has 1 amide bonds. The lowest BCUT2D eigenvalue weighted by Gasteiger charge is -2.11. The maximum atomic E-state index is 12.3. The van der Waals surface area contributed by atoms with Crippen molar-refractivity contribution >= 4 is 16.9 Å². The summed E-state index contributed by atoms with van der Waals surface area (Å²) in [5.74, 6) is 1.72. The van der Waals surface area contributed by atoms with E-state index in [1.165, 1.54) is 5.56 Å². The molecule has 0 bridgehead atoms. The van der Waals surface area contributed by atoms with Crippen molar-refractivity contribution in [3.8, 4) is 5.75 Å². The number of ether oxygens (including phenoxy) is 1. The van der Waals surface area contributed by atoms with Gasteiger partial charge in [-0.3, -0.25) is 9.78 Å². The Bertz CT molecular complexity index is 1150. The molecule has 2 aromatic carbocycles. The van der Waals surface area contributed by atoms with E-state index < -0.39 is 0 Å². The molecular formula is C26H28N4O2. The van der Waals surface area contributed by atoms with E-state index in [1.807, 2.05) is 36.4 Å². The van der Waals surface area contributed by atoms with Crippen LogP contribution in [-0.4, -0.2) is 33.6 Å². The summed E-state index contributed by atoms with van der Waals surface area (Å²) in [7, 11) is 0. The Balaban J connectivity index is 1.32. The minimum absolute atomic E-state index is 0.165. The number of fused-ring (bicyclic) bond motifs is 1. The highest BCUT2D eigenvalue weighted by Gasteiger charge is 2.11. The van der Waals surface area contributed by atoms with Gasteiger partial charge in [0, 0.05) is 25.7 Å². The van der Waals surface area contributed by atoms with Crippen LogP contribution in [0.2, 0.25) is 0 Å². The molecule has 0 aliphatic carbocycles. The Hall–Kier alpha value is -3.67. The number of aryl methyl sites for hydroxylation is 2. The van der Waals surface area contributed by atoms with E-state index in [1.54, 1.807) is 18.3 Å². The number of rotatable bonds is 10. The summed E-state index contributed by atoms with van der Waals surface area (Å²) in [6, 6.07) is 21.6. The first-order valence-corrected chi connectivity index (χ1v) is 11.0. The number of aromatic nitrogens is 3. The summed E-state index contributed by atoms with van der Waals surface area (Å²) in [5.41, 5.74) is 3.76. The summed E-state index contributed by atoms with van der Waals surface area (Å²) >= 11 is 0. The minimum atomic E-state index is -0.165. The quantitative estimate of drug-likeness (QED) is 0.376. The van der Waals surface area contributed by atoms with Crippen LogP contribution in [0.3, 0.4) is 0 Å². The number of hydrogen-bond donors (Lipinski definition) is 1. The van der Waals surface area contributed by atoms with Crippen LogP contribution in [0, 0.1) is 6.92 Å². The van der Waals surface area contributed by atoms with Crippen LogP contribution >= 0.6 is 0 Å². The molecule has 164 valence electrons. The van der Waals surface area contributed by atoms with Gasteiger partial charge in [-0.05, 0) is 56.2 Å². The molecule has 0 spiro atoms. The van der Waals surface area contributed by atoms with Crippen LogP contribution in [0.1, 0.15) is 34.7 Å². The lowest BCUT2D eigenvalue weighted by Crippen LogP contribution is -2.27. The molecule has 0 saturated carbocycles. The van der Waals surface area contributed by atoms with E-state index in [0.717, 1.165) is 42.0 Å². The van der Waals surface area contributed by atoms with Crippen molar-refractivity contribution in [2.24, 2.45) is 0 Å². The number of para-hydroxylation sites is 2. The molecule has 4 aromatic rings. The van der Waals surface area contributed by atoms with Crippen LogP contribution in [0.25, 0.3) is 11.0 Å². The first kappa shape index (κ1) is 21.6. The highest BCUT2D eigenvalue weighted by atomic mass is 16.5. The number of nitrogens with one attached hydrogen (secondary N) is 1. The van der Waals surface area contributed by atoms with Gasteiger partial charge in [0.25, 0.3) is 5.91 Å². The van der Waals surface area contributed by atoms with Gasteiger partial charge in [-0.25, -0.2) is 4.98 Å². The van der Waals surface area contributed by atoms with Crippen molar-refractivity contribution in [3.05, 3.63) is 90.0 Å². The molecule has 6 heteroatoms. The fourth-order valence-corrected chi connectivity index (χ4v) is 3.64. The van der Waals surface area contributed by atoms with Crippen molar-refractivity contribution in [3.63, 3.8) is 0 Å². The predicted octanol–water partition coefficient (Wildman–Crippen LogP) is 4.57. The maximum Gasteiger partial charge on any atom is 0.269 e. The monoisotopic (exact) mass is 428 g/mol. The van der Waals surface area contributed by atoms with Crippen molar-refractivity contribution in [1.29, 1.82) is 0 Å². The largest absolute Gasteiger partial charge is 0.494 e. The van der Waals surface area contributed by atoms with Crippen LogP contribution in [0.4, 0.5) is 0 Å². The lowest BCUT2D eigenvalue weighted by molar-refractivity contribution is 0.0949. The van der Waals surface area contributed by atoms with Crippen molar-refractivity contribution in [1.82, 2.24) is 19.9 Å². The molecular weight excluding hydrogens is 400 g/mol. The number of carbonyl (C=O) groups is 1. The summed E-state index contributed by atoms with van der Waals surface area (Å²) in [5, 5.41) is 2.94. The third kappa shape index (κ3) is 5.52. The van der Waals surface area contributed by atoms with Gasteiger partial charge in [-0.2, -0.15) is 0 Å². The Morgan fingerprint density at radius 1 is 1.00 bits per heavy atom. The maximum absolute atomic E-state index is 12.3. The topological polar surface area (TPSA) is 69.0 Å². The molecule has 6 nitrogen and oxygen atoms in total. The van der Waals surface area contributed by atoms with Crippen LogP contribution in [-0.2, 0) is 13.0 Å². The first-order chi connectivity index (χ1) is 15.7. The molecule has 1 N–H and O–H groups in total. The van der Waals surface area contributed by atoms with Gasteiger partial charge in [-0.15, -0.1) is 0 Å². The second-order valence-electron chi connectivity index (χ2n) is 7.76. The summed E-state index contributed by atoms with van der Waals surface area (Å²) in [4.78, 5) is 21.2. The Kier molecular flexibility index (Phi) is 7.12. The standard InChI is InChI=1S/C26H28N4O2/c1-20-11-13-21(14-12-20)32-19-7-6-18-30-24-10-3-2-8-22(24)29-25(30)15-17-28-26(31)23-9-4-5-16-27-23/h2-5,8-14,16H,6-7,15,17-19H2,1H3,(H,28,31). The second kappa shape index (κ2) is 10.6. The van der Waals surface area contributed by atoms with Crippen LogP contribution in [0.5, 0.6) is 5.75 Å². The average Bonchev–Trinajstić information content (AvgIpc) is 3.18. The predicted molar refractivity (Wildman–Crippen MR) is 126 cm³/mol. The minimum Gasteiger partial charge on any atom is -0.494 e. The van der Waals surface area contributed by atoms with Crippen molar-refractivity contribution < 1.29 is 9.53 Å². The third-order valence-electron chi connectivity index (χ3n) is 5.33. The number of pyridine rings is 1. The van der Waals surface area contributed by atoms with E-state index in [4.69, 9.17) is 9.72 Å². The van der Waals surface area contributed by atoms with E-state index >= 15 is 0 Å².